The molecule has 1 N–H and O–H groups in total. The van der Waals surface area contributed by atoms with Crippen molar-refractivity contribution in [2.45, 2.75) is 44.8 Å². The SMILES string of the molecule is CC(NC(Cn1cncn1)c1ccccc1)C1CCC1. The van der Waals surface area contributed by atoms with Crippen LogP contribution >= 0.6 is 0 Å². The smallest absolute Gasteiger partial charge is 0.137 e. The Kier molecular flexibility index (Phi) is 4.11. The molecule has 1 aromatic carbocycles. The first-order valence-electron chi connectivity index (χ1n) is 7.46. The Hall–Kier alpha value is -1.68. The van der Waals surface area contributed by atoms with E-state index in [2.05, 4.69) is 52.7 Å². The molecule has 4 nitrogen and oxygen atoms in total. The first-order chi connectivity index (χ1) is 9.83. The van der Waals surface area contributed by atoms with Gasteiger partial charge in [-0.2, -0.15) is 5.10 Å². The van der Waals surface area contributed by atoms with Crippen molar-refractivity contribution in [1.82, 2.24) is 20.1 Å². The average molecular weight is 270 g/mol. The van der Waals surface area contributed by atoms with Crippen molar-refractivity contribution in [2.24, 2.45) is 5.92 Å². The number of aromatic nitrogens is 3. The van der Waals surface area contributed by atoms with Crippen LogP contribution in [0.3, 0.4) is 0 Å². The topological polar surface area (TPSA) is 42.7 Å². The molecule has 2 unspecified atom stereocenters. The minimum absolute atomic E-state index is 0.286. The molecule has 0 bridgehead atoms. The largest absolute Gasteiger partial charge is 0.306 e. The molecule has 1 aromatic heterocycles. The van der Waals surface area contributed by atoms with Crippen molar-refractivity contribution in [1.29, 1.82) is 0 Å². The number of hydrogen-bond donors (Lipinski definition) is 1. The Morgan fingerprint density at radius 3 is 2.70 bits per heavy atom. The fraction of sp³-hybridized carbons (Fsp3) is 0.500. The zero-order valence-electron chi connectivity index (χ0n) is 11.9. The van der Waals surface area contributed by atoms with Gasteiger partial charge < -0.3 is 5.32 Å². The number of nitrogens with one attached hydrogen (secondary N) is 1. The maximum atomic E-state index is 4.23. The molecule has 2 atom stereocenters. The van der Waals surface area contributed by atoms with Crippen molar-refractivity contribution in [3.63, 3.8) is 0 Å². The lowest BCUT2D eigenvalue weighted by atomic mass is 9.80. The summed E-state index contributed by atoms with van der Waals surface area (Å²) < 4.78 is 1.90. The van der Waals surface area contributed by atoms with Crippen LogP contribution in [-0.4, -0.2) is 20.8 Å². The fourth-order valence-corrected chi connectivity index (χ4v) is 2.85. The molecule has 1 fully saturated rings. The first kappa shape index (κ1) is 13.3. The molecule has 20 heavy (non-hydrogen) atoms. The van der Waals surface area contributed by atoms with Gasteiger partial charge in [0.2, 0.25) is 0 Å². The summed E-state index contributed by atoms with van der Waals surface area (Å²) in [6.45, 7) is 3.13. The minimum Gasteiger partial charge on any atom is -0.306 e. The predicted molar refractivity (Wildman–Crippen MR) is 79.1 cm³/mol. The van der Waals surface area contributed by atoms with Crippen LogP contribution in [0, 0.1) is 5.92 Å². The number of benzene rings is 1. The molecular formula is C16H22N4. The zero-order valence-corrected chi connectivity index (χ0v) is 11.9. The normalized spacial score (nSPS) is 18.4. The lowest BCUT2D eigenvalue weighted by molar-refractivity contribution is 0.220. The second-order valence-corrected chi connectivity index (χ2v) is 5.73. The number of rotatable bonds is 6. The van der Waals surface area contributed by atoms with E-state index in [4.69, 9.17) is 0 Å². The quantitative estimate of drug-likeness (QED) is 0.877. The van der Waals surface area contributed by atoms with Gasteiger partial charge in [0.1, 0.15) is 12.7 Å². The van der Waals surface area contributed by atoms with Crippen molar-refractivity contribution in [2.75, 3.05) is 0 Å². The Balaban J connectivity index is 1.72. The highest BCUT2D eigenvalue weighted by atomic mass is 15.3. The van der Waals surface area contributed by atoms with Crippen molar-refractivity contribution in [3.05, 3.63) is 48.5 Å². The van der Waals surface area contributed by atoms with Gasteiger partial charge in [-0.1, -0.05) is 36.8 Å². The van der Waals surface area contributed by atoms with E-state index in [0.29, 0.717) is 6.04 Å². The molecule has 3 rings (SSSR count). The predicted octanol–water partition coefficient (Wildman–Crippen LogP) is 2.80. The van der Waals surface area contributed by atoms with Crippen molar-refractivity contribution >= 4 is 0 Å². The Bertz CT molecular complexity index is 505. The van der Waals surface area contributed by atoms with E-state index in [1.165, 1.54) is 24.8 Å². The summed E-state index contributed by atoms with van der Waals surface area (Å²) in [5.74, 6) is 0.831. The highest BCUT2D eigenvalue weighted by Crippen LogP contribution is 2.30. The van der Waals surface area contributed by atoms with E-state index in [1.807, 2.05) is 4.68 Å². The summed E-state index contributed by atoms with van der Waals surface area (Å²) in [6.07, 6.45) is 7.48. The summed E-state index contributed by atoms with van der Waals surface area (Å²) in [5.41, 5.74) is 1.31. The van der Waals surface area contributed by atoms with Gasteiger partial charge >= 0.3 is 0 Å². The monoisotopic (exact) mass is 270 g/mol. The van der Waals surface area contributed by atoms with Gasteiger partial charge in [-0.3, -0.25) is 4.68 Å². The van der Waals surface area contributed by atoms with E-state index < -0.39 is 0 Å². The zero-order chi connectivity index (χ0) is 13.8. The van der Waals surface area contributed by atoms with Gasteiger partial charge in [0.05, 0.1) is 12.6 Å². The Morgan fingerprint density at radius 2 is 2.10 bits per heavy atom. The summed E-state index contributed by atoms with van der Waals surface area (Å²) in [5, 5.41) is 8.02. The molecule has 4 heteroatoms. The maximum Gasteiger partial charge on any atom is 0.137 e. The number of nitrogens with zero attached hydrogens (tertiary/aromatic N) is 3. The molecule has 2 aromatic rings. The highest BCUT2D eigenvalue weighted by Gasteiger charge is 2.26. The van der Waals surface area contributed by atoms with Crippen LogP contribution in [0.5, 0.6) is 0 Å². The molecule has 0 aliphatic heterocycles. The van der Waals surface area contributed by atoms with E-state index in [9.17, 15) is 0 Å². The maximum absolute atomic E-state index is 4.23. The van der Waals surface area contributed by atoms with Crippen LogP contribution < -0.4 is 5.32 Å². The highest BCUT2D eigenvalue weighted by molar-refractivity contribution is 5.19. The van der Waals surface area contributed by atoms with Crippen LogP contribution in [0.4, 0.5) is 0 Å². The van der Waals surface area contributed by atoms with E-state index in [-0.39, 0.29) is 6.04 Å². The molecule has 1 aliphatic rings. The van der Waals surface area contributed by atoms with Gasteiger partial charge in [0, 0.05) is 6.04 Å². The third kappa shape index (κ3) is 3.07. The van der Waals surface area contributed by atoms with Crippen LogP contribution in [0.2, 0.25) is 0 Å². The van der Waals surface area contributed by atoms with Gasteiger partial charge in [-0.15, -0.1) is 0 Å². The average Bonchev–Trinajstić information content (AvgIpc) is 2.90. The third-order valence-corrected chi connectivity index (χ3v) is 4.36. The van der Waals surface area contributed by atoms with E-state index in [1.54, 1.807) is 12.7 Å². The Labute approximate surface area is 120 Å². The molecule has 106 valence electrons. The van der Waals surface area contributed by atoms with Crippen molar-refractivity contribution in [3.8, 4) is 0 Å². The van der Waals surface area contributed by atoms with E-state index in [0.717, 1.165) is 12.5 Å². The molecule has 1 heterocycles. The first-order valence-corrected chi connectivity index (χ1v) is 7.46. The molecule has 0 radical (unpaired) electrons. The fourth-order valence-electron chi connectivity index (χ4n) is 2.85. The second kappa shape index (κ2) is 6.18. The lowest BCUT2D eigenvalue weighted by Gasteiger charge is -2.35. The minimum atomic E-state index is 0.286. The Morgan fingerprint density at radius 1 is 1.30 bits per heavy atom. The van der Waals surface area contributed by atoms with Crippen LogP contribution in [0.25, 0.3) is 0 Å². The third-order valence-electron chi connectivity index (χ3n) is 4.36. The molecule has 1 aliphatic carbocycles. The van der Waals surface area contributed by atoms with E-state index >= 15 is 0 Å². The van der Waals surface area contributed by atoms with Gasteiger partial charge in [0.15, 0.2) is 0 Å². The van der Waals surface area contributed by atoms with Crippen LogP contribution in [0.15, 0.2) is 43.0 Å². The van der Waals surface area contributed by atoms with Crippen molar-refractivity contribution < 1.29 is 0 Å². The molecule has 0 amide bonds. The summed E-state index contributed by atoms with van der Waals surface area (Å²) in [6, 6.07) is 11.5. The van der Waals surface area contributed by atoms with Crippen LogP contribution in [0.1, 0.15) is 37.8 Å². The molecule has 1 saturated carbocycles. The molecule has 0 saturated heterocycles. The summed E-state index contributed by atoms with van der Waals surface area (Å²) in [4.78, 5) is 4.03. The van der Waals surface area contributed by atoms with Crippen LogP contribution in [-0.2, 0) is 6.54 Å². The second-order valence-electron chi connectivity index (χ2n) is 5.73. The van der Waals surface area contributed by atoms with Gasteiger partial charge in [-0.05, 0) is 31.2 Å². The van der Waals surface area contributed by atoms with Gasteiger partial charge in [0.25, 0.3) is 0 Å². The number of hydrogen-bond acceptors (Lipinski definition) is 3. The summed E-state index contributed by atoms with van der Waals surface area (Å²) in [7, 11) is 0. The standard InChI is InChI=1S/C16H22N4/c1-13(14-8-5-9-14)19-16(10-20-12-17-11-18-20)15-6-3-2-4-7-15/h2-4,6-7,11-14,16,19H,5,8-10H2,1H3. The molecular weight excluding hydrogens is 248 g/mol. The molecule has 0 spiro atoms. The summed E-state index contributed by atoms with van der Waals surface area (Å²) >= 11 is 0. The lowest BCUT2D eigenvalue weighted by Crippen LogP contribution is -2.40. The van der Waals surface area contributed by atoms with Gasteiger partial charge in [-0.25, -0.2) is 4.98 Å².